The normalized spacial score (nSPS) is 11.3. The number of rotatable bonds is 3. The Labute approximate surface area is 124 Å². The Bertz CT molecular complexity index is 1000. The lowest BCUT2D eigenvalue weighted by molar-refractivity contribution is 0.671. The van der Waals surface area contributed by atoms with E-state index in [1.54, 1.807) is 10.8 Å². The molecule has 4 rings (SSSR count). The molecule has 3 aromatic heterocycles. The van der Waals surface area contributed by atoms with Crippen molar-refractivity contribution in [2.75, 3.05) is 0 Å². The van der Waals surface area contributed by atoms with Crippen LogP contribution >= 0.6 is 0 Å². The van der Waals surface area contributed by atoms with E-state index in [1.807, 2.05) is 36.4 Å². The summed E-state index contributed by atoms with van der Waals surface area (Å²) in [7, 11) is 0. The predicted molar refractivity (Wildman–Crippen MR) is 80.5 cm³/mol. The highest BCUT2D eigenvalue weighted by Crippen LogP contribution is 2.07. The smallest absolute Gasteiger partial charge is 0.280 e. The molecule has 0 N–H and O–H groups in total. The number of benzene rings is 1. The molecule has 0 aliphatic carbocycles. The highest BCUT2D eigenvalue weighted by Gasteiger charge is 2.09. The fraction of sp³-hybridized carbons (Fsp3) is 0.133. The topological polar surface area (TPSA) is 78.0 Å². The van der Waals surface area contributed by atoms with Gasteiger partial charge in [0.2, 0.25) is 0 Å². The van der Waals surface area contributed by atoms with Gasteiger partial charge >= 0.3 is 0 Å². The Balaban J connectivity index is 1.75. The third-order valence-electron chi connectivity index (χ3n) is 3.60. The number of aryl methyl sites for hydroxylation is 2. The van der Waals surface area contributed by atoms with Gasteiger partial charge in [-0.2, -0.15) is 14.6 Å². The van der Waals surface area contributed by atoms with Crippen LogP contribution < -0.4 is 5.56 Å². The van der Waals surface area contributed by atoms with Gasteiger partial charge in [-0.05, 0) is 18.1 Å². The number of hydrogen-bond acceptors (Lipinski definition) is 5. The van der Waals surface area contributed by atoms with Crippen LogP contribution in [0.3, 0.4) is 0 Å². The standard InChI is InChI=1S/C15H12N6O/c22-14-13-12(21-15(19-18-13)16-10-17-21)7-9-20(14)8-6-11-4-2-1-3-5-11/h1-5,7,9-10H,6,8H2. The maximum atomic E-state index is 12.5. The van der Waals surface area contributed by atoms with Crippen molar-refractivity contribution in [3.8, 4) is 0 Å². The molecule has 0 saturated heterocycles. The molecule has 108 valence electrons. The first-order valence-corrected chi connectivity index (χ1v) is 6.92. The summed E-state index contributed by atoms with van der Waals surface area (Å²) in [5, 5.41) is 12.0. The van der Waals surface area contributed by atoms with Gasteiger partial charge in [0, 0.05) is 12.7 Å². The summed E-state index contributed by atoms with van der Waals surface area (Å²) in [4.78, 5) is 16.5. The zero-order chi connectivity index (χ0) is 14.9. The fourth-order valence-corrected chi connectivity index (χ4v) is 2.46. The SMILES string of the molecule is O=c1c2nnc3ncnn3c2ccn1CCc1ccccc1. The van der Waals surface area contributed by atoms with Crippen molar-refractivity contribution in [2.24, 2.45) is 0 Å². The third kappa shape index (κ3) is 2.03. The van der Waals surface area contributed by atoms with Crippen molar-refractivity contribution in [1.82, 2.24) is 29.4 Å². The van der Waals surface area contributed by atoms with E-state index in [0.29, 0.717) is 23.4 Å². The summed E-state index contributed by atoms with van der Waals surface area (Å²) >= 11 is 0. The van der Waals surface area contributed by atoms with E-state index in [2.05, 4.69) is 20.3 Å². The minimum Gasteiger partial charge on any atom is -0.313 e. The van der Waals surface area contributed by atoms with E-state index in [0.717, 1.165) is 6.42 Å². The van der Waals surface area contributed by atoms with E-state index < -0.39 is 0 Å². The van der Waals surface area contributed by atoms with Gasteiger partial charge in [-0.3, -0.25) is 4.79 Å². The maximum Gasteiger partial charge on any atom is 0.280 e. The quantitative estimate of drug-likeness (QED) is 0.564. The largest absolute Gasteiger partial charge is 0.313 e. The lowest BCUT2D eigenvalue weighted by atomic mass is 10.1. The van der Waals surface area contributed by atoms with Crippen LogP contribution in [0.4, 0.5) is 0 Å². The monoisotopic (exact) mass is 292 g/mol. The van der Waals surface area contributed by atoms with E-state index in [-0.39, 0.29) is 5.56 Å². The van der Waals surface area contributed by atoms with Gasteiger partial charge in [-0.1, -0.05) is 30.3 Å². The van der Waals surface area contributed by atoms with Gasteiger partial charge in [0.1, 0.15) is 11.8 Å². The zero-order valence-corrected chi connectivity index (χ0v) is 11.6. The predicted octanol–water partition coefficient (Wildman–Crippen LogP) is 1.08. The van der Waals surface area contributed by atoms with Crippen molar-refractivity contribution in [3.05, 3.63) is 64.8 Å². The number of aromatic nitrogens is 6. The molecule has 0 aliphatic heterocycles. The Morgan fingerprint density at radius 3 is 2.77 bits per heavy atom. The summed E-state index contributed by atoms with van der Waals surface area (Å²) in [6.07, 6.45) is 3.94. The molecular weight excluding hydrogens is 280 g/mol. The van der Waals surface area contributed by atoms with Crippen LogP contribution in [-0.4, -0.2) is 29.4 Å². The molecule has 7 heteroatoms. The molecule has 0 fully saturated rings. The zero-order valence-electron chi connectivity index (χ0n) is 11.6. The first kappa shape index (κ1) is 12.6. The second kappa shape index (κ2) is 5.03. The Morgan fingerprint density at radius 1 is 1.05 bits per heavy atom. The van der Waals surface area contributed by atoms with Gasteiger partial charge < -0.3 is 4.57 Å². The lowest BCUT2D eigenvalue weighted by Crippen LogP contribution is -2.22. The Morgan fingerprint density at radius 2 is 1.91 bits per heavy atom. The van der Waals surface area contributed by atoms with Gasteiger partial charge in [0.15, 0.2) is 5.52 Å². The molecule has 1 aromatic carbocycles. The number of fused-ring (bicyclic) bond motifs is 3. The highest BCUT2D eigenvalue weighted by molar-refractivity contribution is 5.74. The highest BCUT2D eigenvalue weighted by atomic mass is 16.1. The van der Waals surface area contributed by atoms with Crippen LogP contribution in [0.5, 0.6) is 0 Å². The van der Waals surface area contributed by atoms with Crippen LogP contribution in [0.15, 0.2) is 53.7 Å². The van der Waals surface area contributed by atoms with Gasteiger partial charge in [-0.25, -0.2) is 0 Å². The van der Waals surface area contributed by atoms with Crippen LogP contribution in [0.2, 0.25) is 0 Å². The maximum absolute atomic E-state index is 12.5. The summed E-state index contributed by atoms with van der Waals surface area (Å²) in [6, 6.07) is 11.9. The van der Waals surface area contributed by atoms with Crippen LogP contribution in [0.25, 0.3) is 16.8 Å². The van der Waals surface area contributed by atoms with Crippen molar-refractivity contribution in [2.45, 2.75) is 13.0 Å². The Hall–Kier alpha value is -3.09. The summed E-state index contributed by atoms with van der Waals surface area (Å²) in [5.74, 6) is 0.383. The van der Waals surface area contributed by atoms with E-state index in [4.69, 9.17) is 0 Å². The molecule has 0 aliphatic rings. The molecule has 0 bridgehead atoms. The van der Waals surface area contributed by atoms with Gasteiger partial charge in [0.05, 0.1) is 0 Å². The molecule has 3 heterocycles. The van der Waals surface area contributed by atoms with Crippen LogP contribution in [0.1, 0.15) is 5.56 Å². The first-order valence-electron chi connectivity index (χ1n) is 6.92. The third-order valence-corrected chi connectivity index (χ3v) is 3.60. The van der Waals surface area contributed by atoms with Crippen molar-refractivity contribution < 1.29 is 0 Å². The van der Waals surface area contributed by atoms with Crippen molar-refractivity contribution in [3.63, 3.8) is 0 Å². The molecule has 7 nitrogen and oxygen atoms in total. The molecule has 0 unspecified atom stereocenters. The minimum absolute atomic E-state index is 0.168. The van der Waals surface area contributed by atoms with Crippen LogP contribution in [0, 0.1) is 0 Å². The minimum atomic E-state index is -0.168. The lowest BCUT2D eigenvalue weighted by Gasteiger charge is -2.07. The number of nitrogens with zero attached hydrogens (tertiary/aromatic N) is 6. The van der Waals surface area contributed by atoms with Crippen LogP contribution in [-0.2, 0) is 13.0 Å². The van der Waals surface area contributed by atoms with Gasteiger partial charge in [-0.15, -0.1) is 10.2 Å². The molecule has 4 aromatic rings. The second-order valence-corrected chi connectivity index (χ2v) is 4.96. The molecule has 0 amide bonds. The van der Waals surface area contributed by atoms with E-state index in [9.17, 15) is 4.79 Å². The number of hydrogen-bond donors (Lipinski definition) is 0. The van der Waals surface area contributed by atoms with E-state index in [1.165, 1.54) is 16.4 Å². The molecule has 0 spiro atoms. The van der Waals surface area contributed by atoms with Crippen molar-refractivity contribution >= 4 is 16.8 Å². The summed E-state index contributed by atoms with van der Waals surface area (Å²) in [5.41, 5.74) is 1.93. The second-order valence-electron chi connectivity index (χ2n) is 4.96. The summed E-state index contributed by atoms with van der Waals surface area (Å²) in [6.45, 7) is 0.593. The average molecular weight is 292 g/mol. The Kier molecular flexibility index (Phi) is 2.89. The van der Waals surface area contributed by atoms with Gasteiger partial charge in [0.25, 0.3) is 11.3 Å². The average Bonchev–Trinajstić information content (AvgIpc) is 3.04. The molecular formula is C15H12N6O. The molecule has 0 atom stereocenters. The van der Waals surface area contributed by atoms with Crippen molar-refractivity contribution in [1.29, 1.82) is 0 Å². The molecule has 0 radical (unpaired) electrons. The first-order chi connectivity index (χ1) is 10.8. The fourth-order valence-electron chi connectivity index (χ4n) is 2.46. The molecule has 0 saturated carbocycles. The summed E-state index contributed by atoms with van der Waals surface area (Å²) < 4.78 is 3.16. The van der Waals surface area contributed by atoms with E-state index >= 15 is 0 Å². The molecule has 22 heavy (non-hydrogen) atoms. The number of pyridine rings is 1.